The minimum atomic E-state index is -0.628. The van der Waals surface area contributed by atoms with Crippen molar-refractivity contribution in [2.75, 3.05) is 13.1 Å². The number of carbonyl (C=O) groups is 1. The Hall–Kier alpha value is -2.06. The highest BCUT2D eigenvalue weighted by molar-refractivity contribution is 5.81. The highest BCUT2D eigenvalue weighted by Gasteiger charge is 2.29. The Morgan fingerprint density at radius 2 is 2.00 bits per heavy atom. The summed E-state index contributed by atoms with van der Waals surface area (Å²) in [7, 11) is 0. The molecule has 5 heteroatoms. The summed E-state index contributed by atoms with van der Waals surface area (Å²) in [5.41, 5.74) is 0.431. The van der Waals surface area contributed by atoms with Crippen LogP contribution in [-0.4, -0.2) is 42.2 Å². The smallest absolute Gasteiger partial charge is 0.263 e. The van der Waals surface area contributed by atoms with Gasteiger partial charge in [-0.05, 0) is 32.9 Å². The van der Waals surface area contributed by atoms with Crippen molar-refractivity contribution >= 4 is 5.91 Å². The first-order chi connectivity index (χ1) is 10.0. The molecule has 2 rings (SSSR count). The summed E-state index contributed by atoms with van der Waals surface area (Å²) in [5.74, 6) is 0.361. The van der Waals surface area contributed by atoms with Crippen LogP contribution in [0.2, 0.25) is 0 Å². The Labute approximate surface area is 125 Å². The first kappa shape index (κ1) is 15.3. The van der Waals surface area contributed by atoms with E-state index in [9.17, 15) is 4.79 Å². The number of morpholine rings is 1. The van der Waals surface area contributed by atoms with E-state index in [4.69, 9.17) is 14.7 Å². The predicted octanol–water partition coefficient (Wildman–Crippen LogP) is 1.96. The Morgan fingerprint density at radius 3 is 2.62 bits per heavy atom. The average Bonchev–Trinajstić information content (AvgIpc) is 2.46. The molecule has 0 aromatic heterocycles. The lowest BCUT2D eigenvalue weighted by Gasteiger charge is -2.36. The molecule has 1 amide bonds. The van der Waals surface area contributed by atoms with E-state index in [0.29, 0.717) is 24.4 Å². The van der Waals surface area contributed by atoms with E-state index in [2.05, 4.69) is 6.07 Å². The molecule has 0 radical (unpaired) electrons. The number of hydrogen-bond acceptors (Lipinski definition) is 4. The SMILES string of the molecule is CC1CN(C(=O)C(C)Oc2ccccc2C#N)CC(C)O1. The summed E-state index contributed by atoms with van der Waals surface area (Å²) >= 11 is 0. The van der Waals surface area contributed by atoms with Crippen LogP contribution in [-0.2, 0) is 9.53 Å². The summed E-state index contributed by atoms with van der Waals surface area (Å²) < 4.78 is 11.3. The van der Waals surface area contributed by atoms with Gasteiger partial charge in [0, 0.05) is 13.1 Å². The lowest BCUT2D eigenvalue weighted by atomic mass is 10.2. The van der Waals surface area contributed by atoms with Crippen molar-refractivity contribution in [3.8, 4) is 11.8 Å². The van der Waals surface area contributed by atoms with Gasteiger partial charge in [0.1, 0.15) is 11.8 Å². The quantitative estimate of drug-likeness (QED) is 0.853. The number of rotatable bonds is 3. The Balaban J connectivity index is 2.04. The first-order valence-electron chi connectivity index (χ1n) is 7.11. The molecule has 3 unspecified atom stereocenters. The van der Waals surface area contributed by atoms with E-state index in [1.165, 1.54) is 0 Å². The third-order valence-electron chi connectivity index (χ3n) is 3.39. The third-order valence-corrected chi connectivity index (χ3v) is 3.39. The molecule has 1 saturated heterocycles. The first-order valence-corrected chi connectivity index (χ1v) is 7.11. The van der Waals surface area contributed by atoms with Crippen LogP contribution in [0, 0.1) is 11.3 Å². The lowest BCUT2D eigenvalue weighted by molar-refractivity contribution is -0.149. The van der Waals surface area contributed by atoms with E-state index >= 15 is 0 Å². The molecule has 0 bridgehead atoms. The number of hydrogen-bond donors (Lipinski definition) is 0. The summed E-state index contributed by atoms with van der Waals surface area (Å²) in [6.07, 6.45) is -0.579. The fourth-order valence-corrected chi connectivity index (χ4v) is 2.52. The van der Waals surface area contributed by atoms with Gasteiger partial charge in [-0.15, -0.1) is 0 Å². The van der Waals surface area contributed by atoms with Crippen LogP contribution in [0.1, 0.15) is 26.3 Å². The van der Waals surface area contributed by atoms with Gasteiger partial charge in [0.05, 0.1) is 17.8 Å². The molecule has 1 heterocycles. The minimum absolute atomic E-state index is 0.0243. The largest absolute Gasteiger partial charge is 0.480 e. The average molecular weight is 288 g/mol. The van der Waals surface area contributed by atoms with Crippen molar-refractivity contribution in [3.05, 3.63) is 29.8 Å². The number of benzene rings is 1. The number of para-hydroxylation sites is 1. The molecule has 112 valence electrons. The van der Waals surface area contributed by atoms with Gasteiger partial charge in [-0.3, -0.25) is 4.79 Å². The predicted molar refractivity (Wildman–Crippen MR) is 77.8 cm³/mol. The number of amides is 1. The molecule has 0 spiro atoms. The third kappa shape index (κ3) is 3.73. The lowest BCUT2D eigenvalue weighted by Crippen LogP contribution is -2.51. The van der Waals surface area contributed by atoms with Crippen molar-refractivity contribution < 1.29 is 14.3 Å². The molecular formula is C16H20N2O3. The molecule has 3 atom stereocenters. The van der Waals surface area contributed by atoms with Crippen LogP contribution >= 0.6 is 0 Å². The molecule has 5 nitrogen and oxygen atoms in total. The van der Waals surface area contributed by atoms with Crippen molar-refractivity contribution in [2.24, 2.45) is 0 Å². The maximum absolute atomic E-state index is 12.5. The highest BCUT2D eigenvalue weighted by Crippen LogP contribution is 2.19. The summed E-state index contributed by atoms with van der Waals surface area (Å²) in [6.45, 7) is 6.74. The van der Waals surface area contributed by atoms with Crippen LogP contribution in [0.3, 0.4) is 0 Å². The number of carbonyl (C=O) groups excluding carboxylic acids is 1. The van der Waals surface area contributed by atoms with E-state index in [-0.39, 0.29) is 18.1 Å². The van der Waals surface area contributed by atoms with Crippen LogP contribution in [0.4, 0.5) is 0 Å². The van der Waals surface area contributed by atoms with Gasteiger partial charge >= 0.3 is 0 Å². The monoisotopic (exact) mass is 288 g/mol. The normalized spacial score (nSPS) is 23.2. The Kier molecular flexibility index (Phi) is 4.81. The van der Waals surface area contributed by atoms with Gasteiger partial charge in [0.25, 0.3) is 5.91 Å². The van der Waals surface area contributed by atoms with E-state index in [0.717, 1.165) is 0 Å². The van der Waals surface area contributed by atoms with Crippen molar-refractivity contribution in [2.45, 2.75) is 39.1 Å². The van der Waals surface area contributed by atoms with Gasteiger partial charge in [0.15, 0.2) is 6.10 Å². The summed E-state index contributed by atoms with van der Waals surface area (Å²) in [6, 6.07) is 8.99. The second-order valence-corrected chi connectivity index (χ2v) is 5.37. The standard InChI is InChI=1S/C16H20N2O3/c1-11-9-18(10-12(2)20-11)16(19)13(3)21-15-7-5-4-6-14(15)8-17/h4-7,11-13H,9-10H2,1-3H3. The second kappa shape index (κ2) is 6.59. The van der Waals surface area contributed by atoms with Crippen molar-refractivity contribution in [3.63, 3.8) is 0 Å². The molecule has 1 fully saturated rings. The zero-order chi connectivity index (χ0) is 15.4. The highest BCUT2D eigenvalue weighted by atomic mass is 16.5. The Morgan fingerprint density at radius 1 is 1.38 bits per heavy atom. The molecule has 1 aliphatic rings. The van der Waals surface area contributed by atoms with Crippen LogP contribution < -0.4 is 4.74 Å². The van der Waals surface area contributed by atoms with Crippen LogP contribution in [0.25, 0.3) is 0 Å². The minimum Gasteiger partial charge on any atom is -0.480 e. The molecule has 1 aliphatic heterocycles. The zero-order valence-electron chi connectivity index (χ0n) is 12.6. The van der Waals surface area contributed by atoms with Crippen molar-refractivity contribution in [1.29, 1.82) is 5.26 Å². The van der Waals surface area contributed by atoms with E-state index in [1.54, 1.807) is 36.1 Å². The molecule has 0 aliphatic carbocycles. The number of nitrogens with zero attached hydrogens (tertiary/aromatic N) is 2. The van der Waals surface area contributed by atoms with Gasteiger partial charge in [-0.2, -0.15) is 5.26 Å². The van der Waals surface area contributed by atoms with Crippen LogP contribution in [0.15, 0.2) is 24.3 Å². The molecule has 0 saturated carbocycles. The number of nitriles is 1. The maximum Gasteiger partial charge on any atom is 0.263 e. The zero-order valence-corrected chi connectivity index (χ0v) is 12.6. The molecule has 0 N–H and O–H groups in total. The summed E-state index contributed by atoms with van der Waals surface area (Å²) in [5, 5.41) is 9.05. The van der Waals surface area contributed by atoms with E-state index in [1.807, 2.05) is 13.8 Å². The van der Waals surface area contributed by atoms with Crippen LogP contribution in [0.5, 0.6) is 5.75 Å². The topological polar surface area (TPSA) is 62.6 Å². The number of ether oxygens (including phenoxy) is 2. The van der Waals surface area contributed by atoms with Gasteiger partial charge in [-0.1, -0.05) is 12.1 Å². The Bertz CT molecular complexity index is 543. The molecule has 1 aromatic carbocycles. The van der Waals surface area contributed by atoms with Crippen molar-refractivity contribution in [1.82, 2.24) is 4.90 Å². The molecule has 21 heavy (non-hydrogen) atoms. The van der Waals surface area contributed by atoms with Gasteiger partial charge < -0.3 is 14.4 Å². The maximum atomic E-state index is 12.5. The van der Waals surface area contributed by atoms with E-state index < -0.39 is 6.10 Å². The van der Waals surface area contributed by atoms with Gasteiger partial charge in [-0.25, -0.2) is 0 Å². The van der Waals surface area contributed by atoms with Gasteiger partial charge in [0.2, 0.25) is 0 Å². The fraction of sp³-hybridized carbons (Fsp3) is 0.500. The molecular weight excluding hydrogens is 268 g/mol. The molecule has 1 aromatic rings. The second-order valence-electron chi connectivity index (χ2n) is 5.37. The summed E-state index contributed by atoms with van der Waals surface area (Å²) in [4.78, 5) is 14.2. The fourth-order valence-electron chi connectivity index (χ4n) is 2.52.